The highest BCUT2D eigenvalue weighted by Crippen LogP contribution is 2.33. The summed E-state index contributed by atoms with van der Waals surface area (Å²) >= 11 is 11.9. The molecular formula is C12H14Cl2N4. The summed E-state index contributed by atoms with van der Waals surface area (Å²) in [5.74, 6) is 0. The second-order valence-electron chi connectivity index (χ2n) is 4.20. The lowest BCUT2D eigenvalue weighted by atomic mass is 10.2. The van der Waals surface area contributed by atoms with Crippen molar-refractivity contribution in [2.45, 2.75) is 6.54 Å². The van der Waals surface area contributed by atoms with E-state index in [0.29, 0.717) is 22.3 Å². The number of nitrogens with zero attached hydrogens (tertiary/aromatic N) is 3. The minimum atomic E-state index is 0.465. The molecule has 1 aromatic carbocycles. The summed E-state index contributed by atoms with van der Waals surface area (Å²) in [5.41, 5.74) is 8.51. The molecule has 0 atom stereocenters. The van der Waals surface area contributed by atoms with Crippen molar-refractivity contribution >= 4 is 34.6 Å². The normalized spacial score (nSPS) is 10.7. The number of hydrogen-bond acceptors (Lipinski definition) is 3. The van der Waals surface area contributed by atoms with E-state index in [4.69, 9.17) is 28.9 Å². The highest BCUT2D eigenvalue weighted by atomic mass is 35.5. The molecule has 18 heavy (non-hydrogen) atoms. The highest BCUT2D eigenvalue weighted by Gasteiger charge is 2.10. The lowest BCUT2D eigenvalue weighted by Crippen LogP contribution is -2.17. The molecule has 2 rings (SSSR count). The number of halogens is 2. The van der Waals surface area contributed by atoms with E-state index >= 15 is 0 Å². The van der Waals surface area contributed by atoms with Crippen LogP contribution in [0.25, 0.3) is 0 Å². The van der Waals surface area contributed by atoms with E-state index < -0.39 is 0 Å². The van der Waals surface area contributed by atoms with Gasteiger partial charge < -0.3 is 10.6 Å². The highest BCUT2D eigenvalue weighted by molar-refractivity contribution is 6.42. The Labute approximate surface area is 116 Å². The van der Waals surface area contributed by atoms with Crippen molar-refractivity contribution in [1.29, 1.82) is 0 Å². The summed E-state index contributed by atoms with van der Waals surface area (Å²) in [4.78, 5) is 2.01. The first-order chi connectivity index (χ1) is 8.47. The molecule has 96 valence electrons. The zero-order valence-electron chi connectivity index (χ0n) is 10.2. The van der Waals surface area contributed by atoms with Crippen molar-refractivity contribution in [3.63, 3.8) is 0 Å². The topological polar surface area (TPSA) is 47.1 Å². The second-order valence-corrected chi connectivity index (χ2v) is 5.02. The van der Waals surface area contributed by atoms with Gasteiger partial charge in [-0.2, -0.15) is 5.10 Å². The molecule has 0 saturated carbocycles. The van der Waals surface area contributed by atoms with Crippen molar-refractivity contribution in [2.75, 3.05) is 17.7 Å². The van der Waals surface area contributed by atoms with E-state index in [1.165, 1.54) is 0 Å². The van der Waals surface area contributed by atoms with E-state index in [1.807, 2.05) is 31.4 Å². The number of hydrogen-bond donors (Lipinski definition) is 1. The smallest absolute Gasteiger partial charge is 0.0616 e. The van der Waals surface area contributed by atoms with Gasteiger partial charge in [0, 0.05) is 32.4 Å². The molecule has 0 fully saturated rings. The van der Waals surface area contributed by atoms with Gasteiger partial charge in [0.1, 0.15) is 0 Å². The van der Waals surface area contributed by atoms with E-state index in [2.05, 4.69) is 5.10 Å². The second kappa shape index (κ2) is 5.08. The van der Waals surface area contributed by atoms with Gasteiger partial charge in [-0.25, -0.2) is 0 Å². The maximum absolute atomic E-state index is 6.01. The van der Waals surface area contributed by atoms with E-state index in [0.717, 1.165) is 11.3 Å². The van der Waals surface area contributed by atoms with Gasteiger partial charge >= 0.3 is 0 Å². The van der Waals surface area contributed by atoms with Crippen LogP contribution in [0.1, 0.15) is 5.56 Å². The Hall–Kier alpha value is -1.39. The van der Waals surface area contributed by atoms with Gasteiger partial charge in [-0.05, 0) is 12.1 Å². The summed E-state index contributed by atoms with van der Waals surface area (Å²) in [5, 5.41) is 5.09. The maximum Gasteiger partial charge on any atom is 0.0616 e. The molecule has 0 amide bonds. The SMILES string of the molecule is CN(Cc1cnn(C)c1)c1cc(Cl)c(Cl)cc1N. The summed E-state index contributed by atoms with van der Waals surface area (Å²) in [6.07, 6.45) is 3.79. The fourth-order valence-electron chi connectivity index (χ4n) is 1.79. The van der Waals surface area contributed by atoms with Crippen LogP contribution in [-0.4, -0.2) is 16.8 Å². The predicted octanol–water partition coefficient (Wildman–Crippen LogP) is 2.95. The predicted molar refractivity (Wildman–Crippen MR) is 76.2 cm³/mol. The van der Waals surface area contributed by atoms with Crippen LogP contribution < -0.4 is 10.6 Å². The van der Waals surface area contributed by atoms with Gasteiger partial charge in [-0.3, -0.25) is 4.68 Å². The fourth-order valence-corrected chi connectivity index (χ4v) is 2.12. The van der Waals surface area contributed by atoms with Gasteiger partial charge in [0.25, 0.3) is 0 Å². The molecule has 0 unspecified atom stereocenters. The molecule has 0 bridgehead atoms. The molecule has 6 heteroatoms. The first-order valence-electron chi connectivity index (χ1n) is 5.40. The zero-order valence-corrected chi connectivity index (χ0v) is 11.7. The molecule has 2 N–H and O–H groups in total. The number of aromatic nitrogens is 2. The van der Waals surface area contributed by atoms with Crippen molar-refractivity contribution < 1.29 is 0 Å². The molecule has 0 aliphatic rings. The van der Waals surface area contributed by atoms with Gasteiger partial charge in [0.2, 0.25) is 0 Å². The molecule has 0 spiro atoms. The van der Waals surface area contributed by atoms with Gasteiger partial charge in [-0.1, -0.05) is 23.2 Å². The van der Waals surface area contributed by atoms with E-state index in [1.54, 1.807) is 16.8 Å². The third-order valence-corrected chi connectivity index (χ3v) is 3.38. The first-order valence-corrected chi connectivity index (χ1v) is 6.16. The number of anilines is 2. The van der Waals surface area contributed by atoms with Crippen molar-refractivity contribution in [3.8, 4) is 0 Å². The Balaban J connectivity index is 2.23. The number of aryl methyl sites for hydroxylation is 1. The van der Waals surface area contributed by atoms with Crippen LogP contribution >= 0.6 is 23.2 Å². The third-order valence-electron chi connectivity index (χ3n) is 2.66. The Bertz CT molecular complexity index is 565. The monoisotopic (exact) mass is 284 g/mol. The Morgan fingerprint density at radius 3 is 2.61 bits per heavy atom. The molecule has 1 aromatic heterocycles. The van der Waals surface area contributed by atoms with Gasteiger partial charge in [-0.15, -0.1) is 0 Å². The number of rotatable bonds is 3. The average molecular weight is 285 g/mol. The van der Waals surface area contributed by atoms with Crippen molar-refractivity contribution in [2.24, 2.45) is 7.05 Å². The van der Waals surface area contributed by atoms with E-state index in [9.17, 15) is 0 Å². The zero-order chi connectivity index (χ0) is 13.3. The number of nitrogen functional groups attached to an aromatic ring is 1. The lowest BCUT2D eigenvalue weighted by molar-refractivity contribution is 0.766. The molecular weight excluding hydrogens is 271 g/mol. The summed E-state index contributed by atoms with van der Waals surface area (Å²) < 4.78 is 1.77. The van der Waals surface area contributed by atoms with Gasteiger partial charge in [0.15, 0.2) is 0 Å². The summed E-state index contributed by atoms with van der Waals surface area (Å²) in [7, 11) is 3.83. The molecule has 0 saturated heterocycles. The first kappa shape index (κ1) is 13.1. The van der Waals surface area contributed by atoms with Crippen LogP contribution in [0, 0.1) is 0 Å². The summed E-state index contributed by atoms with van der Waals surface area (Å²) in [6.45, 7) is 0.704. The average Bonchev–Trinajstić information content (AvgIpc) is 2.69. The van der Waals surface area contributed by atoms with Crippen molar-refractivity contribution in [1.82, 2.24) is 9.78 Å². The molecule has 1 heterocycles. The third kappa shape index (κ3) is 2.71. The maximum atomic E-state index is 6.01. The quantitative estimate of drug-likeness (QED) is 0.882. The van der Waals surface area contributed by atoms with Crippen LogP contribution in [0.2, 0.25) is 10.0 Å². The van der Waals surface area contributed by atoms with Crippen LogP contribution in [0.5, 0.6) is 0 Å². The van der Waals surface area contributed by atoms with Gasteiger partial charge in [0.05, 0.1) is 27.6 Å². The van der Waals surface area contributed by atoms with E-state index in [-0.39, 0.29) is 0 Å². The largest absolute Gasteiger partial charge is 0.397 e. The molecule has 0 aliphatic heterocycles. The minimum Gasteiger partial charge on any atom is -0.397 e. The molecule has 0 aliphatic carbocycles. The molecule has 0 radical (unpaired) electrons. The molecule has 2 aromatic rings. The Kier molecular flexibility index (Phi) is 3.68. The Morgan fingerprint density at radius 2 is 2.00 bits per heavy atom. The van der Waals surface area contributed by atoms with Crippen LogP contribution in [0.15, 0.2) is 24.5 Å². The number of nitrogens with two attached hydrogens (primary N) is 1. The summed E-state index contributed by atoms with van der Waals surface area (Å²) in [6, 6.07) is 3.44. The number of benzene rings is 1. The fraction of sp³-hybridized carbons (Fsp3) is 0.250. The minimum absolute atomic E-state index is 0.465. The Morgan fingerprint density at radius 1 is 1.33 bits per heavy atom. The molecule has 4 nitrogen and oxygen atoms in total. The van der Waals surface area contributed by atoms with Crippen LogP contribution in [0.4, 0.5) is 11.4 Å². The lowest BCUT2D eigenvalue weighted by Gasteiger charge is -2.21. The van der Waals surface area contributed by atoms with Crippen LogP contribution in [0.3, 0.4) is 0 Å². The standard InChI is InChI=1S/C12H14Cl2N4/c1-17(6-8-5-16-18(2)7-8)12-4-10(14)9(13)3-11(12)15/h3-5,7H,6,15H2,1-2H3. The van der Waals surface area contributed by atoms with Crippen LogP contribution in [-0.2, 0) is 13.6 Å². The van der Waals surface area contributed by atoms with Crippen molar-refractivity contribution in [3.05, 3.63) is 40.1 Å².